The van der Waals surface area contributed by atoms with E-state index < -0.39 is 0 Å². The smallest absolute Gasteiger partial charge is 0.319 e. The molecule has 0 aliphatic carbocycles. The van der Waals surface area contributed by atoms with E-state index in [1.807, 2.05) is 0 Å². The molecule has 0 unspecified atom stereocenters. The van der Waals surface area contributed by atoms with Crippen LogP contribution in [0, 0.1) is 0 Å². The van der Waals surface area contributed by atoms with Crippen molar-refractivity contribution in [1.82, 2.24) is 5.32 Å². The Morgan fingerprint density at radius 3 is 3.12 bits per heavy atom. The molecule has 0 spiro atoms. The zero-order valence-electron chi connectivity index (χ0n) is 9.70. The van der Waals surface area contributed by atoms with Gasteiger partial charge in [0.2, 0.25) is 0 Å². The molecule has 3 nitrogen and oxygen atoms in total. The number of hydrogen-bond acceptors (Lipinski definition) is 4. The van der Waals surface area contributed by atoms with Gasteiger partial charge >= 0.3 is 5.97 Å². The highest BCUT2D eigenvalue weighted by atomic mass is 32.1. The Labute approximate surface area is 101 Å². The van der Waals surface area contributed by atoms with Crippen LogP contribution in [0.15, 0.2) is 16.8 Å². The summed E-state index contributed by atoms with van der Waals surface area (Å²) < 4.78 is 5.02. The molecule has 1 heterocycles. The van der Waals surface area contributed by atoms with Gasteiger partial charge in [0.05, 0.1) is 13.2 Å². The molecular weight excluding hydrogens is 222 g/mol. The van der Waals surface area contributed by atoms with Crippen molar-refractivity contribution in [3.8, 4) is 0 Å². The summed E-state index contributed by atoms with van der Waals surface area (Å²) in [6.45, 7) is 3.75. The minimum atomic E-state index is -0.154. The summed E-state index contributed by atoms with van der Waals surface area (Å²) in [5.74, 6) is -0.154. The quantitative estimate of drug-likeness (QED) is 0.560. The minimum absolute atomic E-state index is 0.154. The van der Waals surface area contributed by atoms with Crippen LogP contribution in [0.4, 0.5) is 0 Å². The number of esters is 1. The van der Waals surface area contributed by atoms with Gasteiger partial charge in [0.25, 0.3) is 0 Å². The molecule has 1 rings (SSSR count). The number of rotatable bonds is 8. The van der Waals surface area contributed by atoms with Crippen molar-refractivity contribution < 1.29 is 9.53 Å². The van der Waals surface area contributed by atoms with Crippen molar-refractivity contribution in [3.05, 3.63) is 22.4 Å². The lowest BCUT2D eigenvalue weighted by Gasteiger charge is -2.05. The average Bonchev–Trinajstić information content (AvgIpc) is 2.78. The van der Waals surface area contributed by atoms with Crippen LogP contribution in [0.5, 0.6) is 0 Å². The fraction of sp³-hybridized carbons (Fsp3) is 0.583. The number of ether oxygens (including phenoxy) is 1. The standard InChI is InChI=1S/C12H19NO2S/c1-2-3-7-15-12(14)9-13-6-4-11-5-8-16-10-11/h5,8,10,13H,2-4,6-7,9H2,1H3. The molecule has 0 amide bonds. The van der Waals surface area contributed by atoms with Crippen molar-refractivity contribution in [3.63, 3.8) is 0 Å². The molecule has 16 heavy (non-hydrogen) atoms. The Bertz CT molecular complexity index is 285. The minimum Gasteiger partial charge on any atom is -0.465 e. The molecule has 0 saturated heterocycles. The predicted molar refractivity (Wildman–Crippen MR) is 66.8 cm³/mol. The monoisotopic (exact) mass is 241 g/mol. The van der Waals surface area contributed by atoms with Crippen LogP contribution in [0.3, 0.4) is 0 Å². The molecule has 1 N–H and O–H groups in total. The van der Waals surface area contributed by atoms with Gasteiger partial charge < -0.3 is 10.1 Å². The topological polar surface area (TPSA) is 38.3 Å². The van der Waals surface area contributed by atoms with Gasteiger partial charge in [0, 0.05) is 0 Å². The maximum atomic E-state index is 11.2. The number of carbonyl (C=O) groups is 1. The second-order valence-electron chi connectivity index (χ2n) is 3.63. The maximum Gasteiger partial charge on any atom is 0.319 e. The van der Waals surface area contributed by atoms with Crippen LogP contribution in [-0.4, -0.2) is 25.7 Å². The normalized spacial score (nSPS) is 10.3. The highest BCUT2D eigenvalue weighted by Gasteiger charge is 2.01. The fourth-order valence-electron chi connectivity index (χ4n) is 1.24. The highest BCUT2D eigenvalue weighted by Crippen LogP contribution is 2.05. The van der Waals surface area contributed by atoms with Gasteiger partial charge in [-0.3, -0.25) is 4.79 Å². The molecule has 0 aliphatic heterocycles. The SMILES string of the molecule is CCCCOC(=O)CNCCc1ccsc1. The van der Waals surface area contributed by atoms with Gasteiger partial charge in [-0.1, -0.05) is 13.3 Å². The Hall–Kier alpha value is -0.870. The zero-order chi connectivity index (χ0) is 11.6. The Morgan fingerprint density at radius 1 is 1.56 bits per heavy atom. The van der Waals surface area contributed by atoms with Crippen molar-refractivity contribution >= 4 is 17.3 Å². The Morgan fingerprint density at radius 2 is 2.44 bits per heavy atom. The van der Waals surface area contributed by atoms with Crippen molar-refractivity contribution in [2.24, 2.45) is 0 Å². The number of thiophene rings is 1. The van der Waals surface area contributed by atoms with Gasteiger partial charge in [-0.15, -0.1) is 0 Å². The molecule has 0 aromatic carbocycles. The van der Waals surface area contributed by atoms with E-state index in [0.717, 1.165) is 25.8 Å². The van der Waals surface area contributed by atoms with Crippen LogP contribution >= 0.6 is 11.3 Å². The number of nitrogens with one attached hydrogen (secondary N) is 1. The lowest BCUT2D eigenvalue weighted by Crippen LogP contribution is -2.26. The zero-order valence-corrected chi connectivity index (χ0v) is 10.5. The van der Waals surface area contributed by atoms with Gasteiger partial charge in [-0.25, -0.2) is 0 Å². The van der Waals surface area contributed by atoms with E-state index in [9.17, 15) is 4.79 Å². The molecule has 1 aromatic rings. The van der Waals surface area contributed by atoms with E-state index in [2.05, 4.69) is 29.1 Å². The van der Waals surface area contributed by atoms with Crippen molar-refractivity contribution in [2.75, 3.05) is 19.7 Å². The third kappa shape index (κ3) is 5.88. The number of hydrogen-bond donors (Lipinski definition) is 1. The summed E-state index contributed by atoms with van der Waals surface area (Å²) in [6.07, 6.45) is 2.96. The second-order valence-corrected chi connectivity index (χ2v) is 4.41. The molecule has 0 fully saturated rings. The first-order valence-corrected chi connectivity index (χ1v) is 6.64. The largest absolute Gasteiger partial charge is 0.465 e. The molecule has 90 valence electrons. The molecule has 0 atom stereocenters. The molecule has 0 bridgehead atoms. The number of unbranched alkanes of at least 4 members (excludes halogenated alkanes) is 1. The molecule has 0 saturated carbocycles. The van der Waals surface area contributed by atoms with Crippen molar-refractivity contribution in [1.29, 1.82) is 0 Å². The molecule has 0 aliphatic rings. The lowest BCUT2D eigenvalue weighted by atomic mass is 10.2. The van der Waals surface area contributed by atoms with Gasteiger partial charge in [-0.2, -0.15) is 11.3 Å². The first-order chi connectivity index (χ1) is 7.83. The van der Waals surface area contributed by atoms with E-state index in [1.54, 1.807) is 11.3 Å². The first-order valence-electron chi connectivity index (χ1n) is 5.70. The predicted octanol–water partition coefficient (Wildman–Crippen LogP) is 2.22. The van der Waals surface area contributed by atoms with Crippen LogP contribution in [0.25, 0.3) is 0 Å². The van der Waals surface area contributed by atoms with Crippen molar-refractivity contribution in [2.45, 2.75) is 26.2 Å². The summed E-state index contributed by atoms with van der Waals surface area (Å²) in [4.78, 5) is 11.2. The van der Waals surface area contributed by atoms with Gasteiger partial charge in [0.1, 0.15) is 0 Å². The van der Waals surface area contributed by atoms with Gasteiger partial charge in [-0.05, 0) is 41.8 Å². The third-order valence-electron chi connectivity index (χ3n) is 2.20. The van der Waals surface area contributed by atoms with E-state index in [1.165, 1.54) is 5.56 Å². The Balaban J connectivity index is 1.96. The summed E-state index contributed by atoms with van der Waals surface area (Å²) in [7, 11) is 0. The maximum absolute atomic E-state index is 11.2. The fourth-order valence-corrected chi connectivity index (χ4v) is 1.94. The van der Waals surface area contributed by atoms with Crippen LogP contribution in [0.1, 0.15) is 25.3 Å². The first kappa shape index (κ1) is 13.2. The second kappa shape index (κ2) is 8.30. The summed E-state index contributed by atoms with van der Waals surface area (Å²) in [5.41, 5.74) is 1.32. The lowest BCUT2D eigenvalue weighted by molar-refractivity contribution is -0.142. The van der Waals surface area contributed by atoms with Crippen LogP contribution in [-0.2, 0) is 16.0 Å². The van der Waals surface area contributed by atoms with E-state index in [-0.39, 0.29) is 5.97 Å². The molecule has 4 heteroatoms. The summed E-state index contributed by atoms with van der Waals surface area (Å²) in [6, 6.07) is 2.10. The molecular formula is C12H19NO2S. The summed E-state index contributed by atoms with van der Waals surface area (Å²) in [5, 5.41) is 7.27. The van der Waals surface area contributed by atoms with E-state index >= 15 is 0 Å². The highest BCUT2D eigenvalue weighted by molar-refractivity contribution is 7.07. The van der Waals surface area contributed by atoms with Gasteiger partial charge in [0.15, 0.2) is 0 Å². The third-order valence-corrected chi connectivity index (χ3v) is 2.93. The summed E-state index contributed by atoms with van der Waals surface area (Å²) >= 11 is 1.70. The molecule has 0 radical (unpaired) electrons. The average molecular weight is 241 g/mol. The van der Waals surface area contributed by atoms with E-state index in [4.69, 9.17) is 4.74 Å². The van der Waals surface area contributed by atoms with E-state index in [0.29, 0.717) is 13.2 Å². The van der Waals surface area contributed by atoms with Crippen LogP contribution < -0.4 is 5.32 Å². The number of carbonyl (C=O) groups excluding carboxylic acids is 1. The molecule has 1 aromatic heterocycles. The van der Waals surface area contributed by atoms with Crippen LogP contribution in [0.2, 0.25) is 0 Å². The Kier molecular flexibility index (Phi) is 6.85.